The number of hydrogen-bond acceptors (Lipinski definition) is 14. The highest BCUT2D eigenvalue weighted by Crippen LogP contribution is 2.25. The standard InChI is InChI=1S/C21H23F2N7O.C16H22N6O3S.C6H5F2N/c1-13-10-14(2)30(27-13)20-12-19(29-8-6-28(7-9-29)15(3)31)25-21(26-20)24-18-5-4-16(22)11-17(18)23;1-11-9-12(2)22(19-11)15-10-14(17-16(18-15)26(4,24)25)21-7-5-20(6-8-21)13(3)23;7-4-1-2-6(9)5(8)3-4/h4-5,10-12H,6-9H2,1-3H3,(H,24,25,26);9-10H,5-8H2,1-4H3;1-3H,9H2. The highest BCUT2D eigenvalue weighted by molar-refractivity contribution is 7.90. The van der Waals surface area contributed by atoms with Gasteiger partial charge in [0.05, 0.1) is 22.8 Å². The molecule has 2 aliphatic heterocycles. The molecule has 0 radical (unpaired) electrons. The maximum absolute atomic E-state index is 14.2. The number of aromatic nitrogens is 8. The molecule has 23 heteroatoms. The number of halogens is 4. The topological polar surface area (TPSA) is 206 Å². The first kappa shape index (κ1) is 48.3. The molecule has 6 heterocycles. The molecule has 0 spiro atoms. The van der Waals surface area contributed by atoms with Gasteiger partial charge in [0.15, 0.2) is 11.6 Å². The largest absolute Gasteiger partial charge is 0.396 e. The fourth-order valence-electron chi connectivity index (χ4n) is 7.02. The quantitative estimate of drug-likeness (QED) is 0.125. The summed E-state index contributed by atoms with van der Waals surface area (Å²) in [6.45, 7) is 15.3. The number of rotatable bonds is 7. The lowest BCUT2D eigenvalue weighted by Crippen LogP contribution is -2.48. The third-order valence-electron chi connectivity index (χ3n) is 10.4. The molecule has 0 unspecified atom stereocenters. The third-order valence-corrected chi connectivity index (χ3v) is 11.2. The molecule has 18 nitrogen and oxygen atoms in total. The van der Waals surface area contributed by atoms with Crippen molar-refractivity contribution in [2.45, 2.75) is 46.7 Å². The van der Waals surface area contributed by atoms with Crippen molar-refractivity contribution in [3.63, 3.8) is 0 Å². The number of hydrogen-bond donors (Lipinski definition) is 2. The van der Waals surface area contributed by atoms with Crippen LogP contribution in [0.25, 0.3) is 11.6 Å². The molecular formula is C43H50F4N14O4S. The Hall–Kier alpha value is -7.17. The van der Waals surface area contributed by atoms with Gasteiger partial charge in [0, 0.05) is 108 Å². The number of nitrogens with one attached hydrogen (secondary N) is 1. The number of piperazine rings is 2. The average molecular weight is 935 g/mol. The SMILES string of the molecule is CC(=O)N1CCN(c2cc(-n3nc(C)cc3C)nc(Nc3ccc(F)cc3F)n2)CC1.CC(=O)N1CCN(c2cc(-n3nc(C)cc3C)nc(S(C)(=O)=O)n2)CC1.Nc1ccc(F)cc1F. The molecule has 0 saturated carbocycles. The Morgan fingerprint density at radius 2 is 1.02 bits per heavy atom. The van der Waals surface area contributed by atoms with Crippen molar-refractivity contribution in [2.24, 2.45) is 0 Å². The van der Waals surface area contributed by atoms with E-state index in [-0.39, 0.29) is 34.3 Å². The minimum atomic E-state index is -3.58. The fraction of sp³-hybridized carbons (Fsp3) is 0.349. The van der Waals surface area contributed by atoms with E-state index in [1.54, 1.807) is 39.1 Å². The van der Waals surface area contributed by atoms with Gasteiger partial charge in [-0.15, -0.1) is 0 Å². The van der Waals surface area contributed by atoms with Crippen molar-refractivity contribution in [1.82, 2.24) is 49.3 Å². The van der Waals surface area contributed by atoms with E-state index >= 15 is 0 Å². The summed E-state index contributed by atoms with van der Waals surface area (Å²) < 4.78 is 79.1. The van der Waals surface area contributed by atoms with Crippen LogP contribution in [0.15, 0.2) is 65.8 Å². The van der Waals surface area contributed by atoms with Crippen molar-refractivity contribution in [2.75, 3.05) is 79.5 Å². The zero-order chi connectivity index (χ0) is 48.0. The summed E-state index contributed by atoms with van der Waals surface area (Å²) in [5, 5.41) is 11.5. The van der Waals surface area contributed by atoms with E-state index in [9.17, 15) is 35.6 Å². The van der Waals surface area contributed by atoms with E-state index in [4.69, 9.17) is 5.73 Å². The van der Waals surface area contributed by atoms with Crippen molar-refractivity contribution < 1.29 is 35.6 Å². The summed E-state index contributed by atoms with van der Waals surface area (Å²) in [4.78, 5) is 48.2. The summed E-state index contributed by atoms with van der Waals surface area (Å²) in [6.07, 6.45) is 1.09. The first-order chi connectivity index (χ1) is 31.1. The number of nitrogens with two attached hydrogens (primary N) is 1. The van der Waals surface area contributed by atoms with Crippen LogP contribution in [0.4, 0.5) is 46.5 Å². The van der Waals surface area contributed by atoms with Gasteiger partial charge in [0.1, 0.15) is 34.9 Å². The number of amides is 2. The van der Waals surface area contributed by atoms with E-state index < -0.39 is 33.1 Å². The first-order valence-corrected chi connectivity index (χ1v) is 22.5. The molecular weight excluding hydrogens is 885 g/mol. The molecule has 2 aromatic carbocycles. The van der Waals surface area contributed by atoms with Gasteiger partial charge in [-0.1, -0.05) is 0 Å². The second-order valence-electron chi connectivity index (χ2n) is 15.6. The number of anilines is 5. The number of benzene rings is 2. The highest BCUT2D eigenvalue weighted by atomic mass is 32.2. The van der Waals surface area contributed by atoms with Crippen LogP contribution >= 0.6 is 0 Å². The van der Waals surface area contributed by atoms with E-state index in [2.05, 4.69) is 35.5 Å². The molecule has 350 valence electrons. The summed E-state index contributed by atoms with van der Waals surface area (Å²) in [7, 11) is -3.58. The van der Waals surface area contributed by atoms with Gasteiger partial charge in [-0.2, -0.15) is 25.1 Å². The van der Waals surface area contributed by atoms with Gasteiger partial charge in [-0.25, -0.2) is 40.3 Å². The van der Waals surface area contributed by atoms with E-state index in [0.717, 1.165) is 53.3 Å². The molecule has 6 aromatic rings. The molecule has 66 heavy (non-hydrogen) atoms. The normalized spacial score (nSPS) is 14.0. The van der Waals surface area contributed by atoms with Crippen molar-refractivity contribution >= 4 is 50.6 Å². The summed E-state index contributed by atoms with van der Waals surface area (Å²) >= 11 is 0. The Balaban J connectivity index is 0.000000186. The molecule has 2 saturated heterocycles. The van der Waals surface area contributed by atoms with Crippen LogP contribution in [0.1, 0.15) is 36.6 Å². The van der Waals surface area contributed by atoms with Crippen LogP contribution in [-0.2, 0) is 19.4 Å². The predicted molar refractivity (Wildman–Crippen MR) is 240 cm³/mol. The van der Waals surface area contributed by atoms with Crippen LogP contribution in [0, 0.1) is 51.0 Å². The summed E-state index contributed by atoms with van der Waals surface area (Å²) in [5.74, 6) is -0.397. The minimum Gasteiger partial charge on any atom is -0.396 e. The van der Waals surface area contributed by atoms with Gasteiger partial charge in [-0.3, -0.25) is 9.59 Å². The van der Waals surface area contributed by atoms with Crippen LogP contribution in [-0.4, -0.2) is 128 Å². The van der Waals surface area contributed by atoms with Crippen LogP contribution < -0.4 is 20.9 Å². The second-order valence-corrected chi connectivity index (χ2v) is 17.5. The first-order valence-electron chi connectivity index (χ1n) is 20.6. The number of aryl methyl sites for hydroxylation is 4. The van der Waals surface area contributed by atoms with Crippen LogP contribution in [0.3, 0.4) is 0 Å². The molecule has 3 N–H and O–H groups in total. The predicted octanol–water partition coefficient (Wildman–Crippen LogP) is 4.87. The van der Waals surface area contributed by atoms with Crippen LogP contribution in [0.5, 0.6) is 0 Å². The smallest absolute Gasteiger partial charge is 0.250 e. The van der Waals surface area contributed by atoms with Crippen LogP contribution in [0.2, 0.25) is 0 Å². The molecule has 0 aliphatic carbocycles. The molecule has 8 rings (SSSR count). The summed E-state index contributed by atoms with van der Waals surface area (Å²) in [6, 6.07) is 13.7. The lowest BCUT2D eigenvalue weighted by atomic mass is 10.3. The lowest BCUT2D eigenvalue weighted by molar-refractivity contribution is -0.129. The Kier molecular flexibility index (Phi) is 14.9. The number of nitrogens with zero attached hydrogens (tertiary/aromatic N) is 12. The van der Waals surface area contributed by atoms with E-state index in [0.29, 0.717) is 75.6 Å². The van der Waals surface area contributed by atoms with Gasteiger partial charge in [0.25, 0.3) is 5.16 Å². The Morgan fingerprint density at radius 3 is 1.42 bits per heavy atom. The van der Waals surface area contributed by atoms with E-state index in [1.807, 2.05) is 55.7 Å². The monoisotopic (exact) mass is 934 g/mol. The molecule has 4 aromatic heterocycles. The van der Waals surface area contributed by atoms with Crippen molar-refractivity contribution in [3.05, 3.63) is 107 Å². The van der Waals surface area contributed by atoms with E-state index in [1.165, 1.54) is 12.1 Å². The average Bonchev–Trinajstić information content (AvgIpc) is 3.80. The highest BCUT2D eigenvalue weighted by Gasteiger charge is 2.25. The number of carbonyl (C=O) groups is 2. The van der Waals surface area contributed by atoms with Crippen molar-refractivity contribution in [3.8, 4) is 11.6 Å². The van der Waals surface area contributed by atoms with Gasteiger partial charge in [0.2, 0.25) is 27.6 Å². The molecule has 2 amide bonds. The number of carbonyl (C=O) groups excluding carboxylic acids is 2. The maximum atomic E-state index is 14.2. The third kappa shape index (κ3) is 12.1. The number of sulfone groups is 1. The molecule has 2 fully saturated rings. The Labute approximate surface area is 379 Å². The fourth-order valence-corrected chi connectivity index (χ4v) is 7.54. The number of nitrogen functional groups attached to an aromatic ring is 1. The molecule has 0 bridgehead atoms. The Morgan fingerprint density at radius 1 is 0.591 bits per heavy atom. The summed E-state index contributed by atoms with van der Waals surface area (Å²) in [5.41, 5.74) is 8.49. The van der Waals surface area contributed by atoms with Crippen molar-refractivity contribution in [1.29, 1.82) is 0 Å². The minimum absolute atomic E-state index is 0.0311. The van der Waals surface area contributed by atoms with Gasteiger partial charge >= 0.3 is 0 Å². The molecule has 0 atom stereocenters. The van der Waals surface area contributed by atoms with Gasteiger partial charge in [-0.05, 0) is 64.1 Å². The van der Waals surface area contributed by atoms with Gasteiger partial charge < -0.3 is 30.7 Å². The zero-order valence-electron chi connectivity index (χ0n) is 37.4. The maximum Gasteiger partial charge on any atom is 0.250 e. The lowest BCUT2D eigenvalue weighted by Gasteiger charge is -2.35. The second kappa shape index (κ2) is 20.3. The Bertz CT molecular complexity index is 2840. The zero-order valence-corrected chi connectivity index (χ0v) is 38.2. The molecule has 2 aliphatic rings.